The molecule has 0 spiro atoms. The predicted octanol–water partition coefficient (Wildman–Crippen LogP) is 0.598. The molecule has 86 valence electrons. The maximum absolute atomic E-state index is 10.3. The van der Waals surface area contributed by atoms with E-state index in [0.29, 0.717) is 12.6 Å². The van der Waals surface area contributed by atoms with E-state index >= 15 is 0 Å². The van der Waals surface area contributed by atoms with Crippen molar-refractivity contribution in [2.75, 3.05) is 26.2 Å². The van der Waals surface area contributed by atoms with Crippen LogP contribution in [0.4, 0.5) is 0 Å². The minimum atomic E-state index is -0.708. The van der Waals surface area contributed by atoms with Crippen LogP contribution in [0.5, 0.6) is 0 Å². The van der Waals surface area contributed by atoms with Crippen LogP contribution in [0.1, 0.15) is 13.3 Å². The van der Waals surface area contributed by atoms with Gasteiger partial charge in [0, 0.05) is 32.2 Å². The number of piperazine rings is 1. The number of rotatable bonds is 3. The summed E-state index contributed by atoms with van der Waals surface area (Å²) >= 11 is 0. The molecule has 2 N–H and O–H groups in total. The van der Waals surface area contributed by atoms with Crippen LogP contribution in [0.2, 0.25) is 0 Å². The summed E-state index contributed by atoms with van der Waals surface area (Å²) in [5, 5.41) is 11.8. The quantitative estimate of drug-likeness (QED) is 0.764. The van der Waals surface area contributed by atoms with Crippen molar-refractivity contribution in [2.24, 2.45) is 0 Å². The zero-order chi connectivity index (χ0) is 8.97. The fraction of sp³-hybridized carbons (Fsp3) is 0.875. The molecule has 0 aliphatic carbocycles. The Labute approximate surface area is 96.9 Å². The highest BCUT2D eigenvalue weighted by atomic mass is 35.5. The third kappa shape index (κ3) is 5.65. The van der Waals surface area contributed by atoms with Crippen molar-refractivity contribution in [3.05, 3.63) is 0 Å². The molecule has 1 fully saturated rings. The Morgan fingerprint density at radius 2 is 2.21 bits per heavy atom. The predicted molar refractivity (Wildman–Crippen MR) is 60.7 cm³/mol. The van der Waals surface area contributed by atoms with Crippen LogP contribution in [0.15, 0.2) is 0 Å². The Morgan fingerprint density at radius 1 is 1.57 bits per heavy atom. The van der Waals surface area contributed by atoms with E-state index in [9.17, 15) is 4.79 Å². The summed E-state index contributed by atoms with van der Waals surface area (Å²) in [6.07, 6.45) is 0.254. The molecule has 14 heavy (non-hydrogen) atoms. The van der Waals surface area contributed by atoms with Gasteiger partial charge in [-0.1, -0.05) is 0 Å². The smallest absolute Gasteiger partial charge is 0.304 e. The molecule has 1 heterocycles. The van der Waals surface area contributed by atoms with Crippen molar-refractivity contribution in [2.45, 2.75) is 19.4 Å². The Morgan fingerprint density at radius 3 is 2.71 bits per heavy atom. The van der Waals surface area contributed by atoms with Crippen molar-refractivity contribution >= 4 is 30.8 Å². The number of nitrogens with zero attached hydrogens (tertiary/aromatic N) is 1. The molecule has 0 aromatic heterocycles. The average molecular weight is 245 g/mol. The summed E-state index contributed by atoms with van der Waals surface area (Å²) in [6, 6.07) is 0.470. The third-order valence-electron chi connectivity index (χ3n) is 2.25. The summed E-state index contributed by atoms with van der Waals surface area (Å²) in [6.45, 7) is 5.71. The van der Waals surface area contributed by atoms with Crippen LogP contribution < -0.4 is 5.32 Å². The van der Waals surface area contributed by atoms with Gasteiger partial charge in [-0.25, -0.2) is 0 Å². The highest BCUT2D eigenvalue weighted by Gasteiger charge is 2.17. The lowest BCUT2D eigenvalue weighted by atomic mass is 10.2. The normalized spacial score (nSPS) is 21.9. The van der Waals surface area contributed by atoms with Crippen LogP contribution in [-0.2, 0) is 4.79 Å². The van der Waals surface area contributed by atoms with E-state index < -0.39 is 5.97 Å². The van der Waals surface area contributed by atoms with Crippen LogP contribution in [0, 0.1) is 0 Å². The molecular weight excluding hydrogens is 227 g/mol. The molecule has 0 amide bonds. The van der Waals surface area contributed by atoms with Gasteiger partial charge in [-0.15, -0.1) is 24.8 Å². The van der Waals surface area contributed by atoms with Gasteiger partial charge in [-0.05, 0) is 6.92 Å². The molecule has 0 bridgehead atoms. The molecule has 0 saturated carbocycles. The molecule has 1 aliphatic rings. The van der Waals surface area contributed by atoms with Crippen LogP contribution in [0.25, 0.3) is 0 Å². The zero-order valence-electron chi connectivity index (χ0n) is 8.23. The number of carboxylic acid groups (broad SMARTS) is 1. The van der Waals surface area contributed by atoms with Gasteiger partial charge in [0.05, 0.1) is 6.42 Å². The SMILES string of the molecule is C[C@H]1CNCCN1CCC(=O)O.Cl.Cl. The molecule has 0 radical (unpaired) electrons. The largest absolute Gasteiger partial charge is 0.481 e. The summed E-state index contributed by atoms with van der Waals surface area (Å²) in [7, 11) is 0. The van der Waals surface area contributed by atoms with Crippen molar-refractivity contribution in [1.29, 1.82) is 0 Å². The number of nitrogens with one attached hydrogen (secondary N) is 1. The molecule has 0 aromatic rings. The van der Waals surface area contributed by atoms with Gasteiger partial charge in [0.25, 0.3) is 0 Å². The first kappa shape index (κ1) is 16.4. The minimum Gasteiger partial charge on any atom is -0.481 e. The Balaban J connectivity index is 0. The Kier molecular flexibility index (Phi) is 9.72. The topological polar surface area (TPSA) is 52.6 Å². The molecule has 6 heteroatoms. The number of carbonyl (C=O) groups is 1. The lowest BCUT2D eigenvalue weighted by molar-refractivity contribution is -0.137. The number of hydrogen-bond donors (Lipinski definition) is 2. The van der Waals surface area contributed by atoms with E-state index in [1.807, 2.05) is 0 Å². The van der Waals surface area contributed by atoms with E-state index in [1.165, 1.54) is 0 Å². The second-order valence-corrected chi connectivity index (χ2v) is 3.23. The molecular formula is C8H18Cl2N2O2. The zero-order valence-corrected chi connectivity index (χ0v) is 9.87. The molecule has 1 rings (SSSR count). The first-order chi connectivity index (χ1) is 5.70. The highest BCUT2D eigenvalue weighted by Crippen LogP contribution is 2.02. The first-order valence-electron chi connectivity index (χ1n) is 4.36. The van der Waals surface area contributed by atoms with Gasteiger partial charge in [0.15, 0.2) is 0 Å². The van der Waals surface area contributed by atoms with Crippen LogP contribution in [-0.4, -0.2) is 48.2 Å². The van der Waals surface area contributed by atoms with Crippen molar-refractivity contribution in [3.8, 4) is 0 Å². The molecule has 4 nitrogen and oxygen atoms in total. The molecule has 0 unspecified atom stereocenters. The minimum absolute atomic E-state index is 0. The van der Waals surface area contributed by atoms with Gasteiger partial charge in [-0.3, -0.25) is 9.69 Å². The lowest BCUT2D eigenvalue weighted by Gasteiger charge is -2.33. The number of aliphatic carboxylic acids is 1. The van der Waals surface area contributed by atoms with Gasteiger partial charge in [0.1, 0.15) is 0 Å². The van der Waals surface area contributed by atoms with Crippen molar-refractivity contribution in [1.82, 2.24) is 10.2 Å². The Hall–Kier alpha value is -0.0300. The maximum Gasteiger partial charge on any atom is 0.304 e. The standard InChI is InChI=1S/C8H16N2O2.2ClH/c1-7-6-9-3-5-10(7)4-2-8(11)12;;/h7,9H,2-6H2,1H3,(H,11,12);2*1H/t7-;;/m0../s1. The fourth-order valence-electron chi connectivity index (χ4n) is 1.45. The fourth-order valence-corrected chi connectivity index (χ4v) is 1.45. The van der Waals surface area contributed by atoms with E-state index in [4.69, 9.17) is 5.11 Å². The van der Waals surface area contributed by atoms with E-state index in [1.54, 1.807) is 0 Å². The molecule has 1 aliphatic heterocycles. The van der Waals surface area contributed by atoms with Gasteiger partial charge < -0.3 is 10.4 Å². The first-order valence-corrected chi connectivity index (χ1v) is 4.36. The molecule has 1 atom stereocenters. The summed E-state index contributed by atoms with van der Waals surface area (Å²) in [5.74, 6) is -0.708. The van der Waals surface area contributed by atoms with E-state index in [-0.39, 0.29) is 31.2 Å². The van der Waals surface area contributed by atoms with E-state index in [2.05, 4.69) is 17.1 Å². The highest BCUT2D eigenvalue weighted by molar-refractivity contribution is 5.85. The van der Waals surface area contributed by atoms with Gasteiger partial charge in [-0.2, -0.15) is 0 Å². The van der Waals surface area contributed by atoms with Crippen molar-refractivity contribution < 1.29 is 9.90 Å². The molecule has 1 saturated heterocycles. The number of halogens is 2. The monoisotopic (exact) mass is 244 g/mol. The Bertz CT molecular complexity index is 169. The second kappa shape index (κ2) is 8.29. The maximum atomic E-state index is 10.3. The van der Waals surface area contributed by atoms with Crippen molar-refractivity contribution in [3.63, 3.8) is 0 Å². The molecule has 0 aromatic carbocycles. The second-order valence-electron chi connectivity index (χ2n) is 3.23. The van der Waals surface area contributed by atoms with E-state index in [0.717, 1.165) is 19.6 Å². The average Bonchev–Trinajstić information content (AvgIpc) is 2.03. The van der Waals surface area contributed by atoms with Gasteiger partial charge >= 0.3 is 5.97 Å². The number of hydrogen-bond acceptors (Lipinski definition) is 3. The van der Waals surface area contributed by atoms with Gasteiger partial charge in [0.2, 0.25) is 0 Å². The summed E-state index contributed by atoms with van der Waals surface area (Å²) in [4.78, 5) is 12.5. The third-order valence-corrected chi connectivity index (χ3v) is 2.25. The number of carboxylic acids is 1. The lowest BCUT2D eigenvalue weighted by Crippen LogP contribution is -2.50. The van der Waals surface area contributed by atoms with Crippen LogP contribution in [0.3, 0.4) is 0 Å². The summed E-state index contributed by atoms with van der Waals surface area (Å²) in [5.41, 5.74) is 0. The van der Waals surface area contributed by atoms with Crippen LogP contribution >= 0.6 is 24.8 Å². The summed E-state index contributed by atoms with van der Waals surface area (Å²) < 4.78 is 0.